The van der Waals surface area contributed by atoms with E-state index < -0.39 is 12.5 Å². The van der Waals surface area contributed by atoms with Crippen molar-refractivity contribution in [2.45, 2.75) is 6.54 Å². The second-order valence-electron chi connectivity index (χ2n) is 6.38. The third kappa shape index (κ3) is 4.11. The van der Waals surface area contributed by atoms with Gasteiger partial charge in [-0.05, 0) is 29.8 Å². The standard InChI is InChI=1S/C19H18N3O8P/c1-26-31(25,27-2)19-18(20-10-12-3-8-15-16(9-12)29-11-28-15)30-17(21-19)13-4-6-14(7-5-13)22(23)24/h3-9,20H,10-11H2,1-2H3. The van der Waals surface area contributed by atoms with Gasteiger partial charge in [-0.2, -0.15) is 4.98 Å². The van der Waals surface area contributed by atoms with Crippen molar-refractivity contribution in [3.63, 3.8) is 0 Å². The molecule has 3 aromatic rings. The van der Waals surface area contributed by atoms with E-state index in [1.807, 2.05) is 12.1 Å². The van der Waals surface area contributed by atoms with Gasteiger partial charge < -0.3 is 28.3 Å². The minimum absolute atomic E-state index is 0.0356. The predicted octanol–water partition coefficient (Wildman–Crippen LogP) is 3.70. The molecule has 1 aliphatic rings. The average Bonchev–Trinajstić information content (AvgIpc) is 3.44. The van der Waals surface area contributed by atoms with Gasteiger partial charge in [0.2, 0.25) is 24.0 Å². The molecule has 0 saturated heterocycles. The van der Waals surface area contributed by atoms with Crippen LogP contribution >= 0.6 is 7.60 Å². The van der Waals surface area contributed by atoms with Crippen LogP contribution in [0.15, 0.2) is 46.9 Å². The van der Waals surface area contributed by atoms with E-state index in [9.17, 15) is 14.7 Å². The molecular weight excluding hydrogens is 429 g/mol. The first-order chi connectivity index (χ1) is 14.9. The number of benzene rings is 2. The van der Waals surface area contributed by atoms with Crippen molar-refractivity contribution < 1.29 is 32.4 Å². The molecule has 0 amide bonds. The highest BCUT2D eigenvalue weighted by Gasteiger charge is 2.34. The summed E-state index contributed by atoms with van der Waals surface area (Å²) < 4.78 is 39.6. The van der Waals surface area contributed by atoms with E-state index in [0.717, 1.165) is 5.56 Å². The number of nitrogens with zero attached hydrogens (tertiary/aromatic N) is 2. The number of aromatic nitrogens is 1. The van der Waals surface area contributed by atoms with Crippen LogP contribution < -0.4 is 20.2 Å². The SMILES string of the molecule is COP(=O)(OC)c1nc(-c2ccc([N+](=O)[O-])cc2)oc1NCc1ccc2c(c1)OCO2. The van der Waals surface area contributed by atoms with Crippen LogP contribution in [0, 0.1) is 10.1 Å². The van der Waals surface area contributed by atoms with Crippen molar-refractivity contribution in [3.8, 4) is 23.0 Å². The molecule has 1 N–H and O–H groups in total. The van der Waals surface area contributed by atoms with Crippen molar-refractivity contribution in [2.75, 3.05) is 26.3 Å². The van der Waals surface area contributed by atoms with E-state index in [-0.39, 0.29) is 29.7 Å². The van der Waals surface area contributed by atoms with Gasteiger partial charge in [-0.1, -0.05) is 6.07 Å². The molecule has 0 aliphatic carbocycles. The zero-order valence-corrected chi connectivity index (χ0v) is 17.5. The summed E-state index contributed by atoms with van der Waals surface area (Å²) in [5, 5.41) is 13.9. The summed E-state index contributed by atoms with van der Waals surface area (Å²) in [6, 6.07) is 11.1. The topological polar surface area (TPSA) is 135 Å². The lowest BCUT2D eigenvalue weighted by atomic mass is 10.2. The lowest BCUT2D eigenvalue weighted by Crippen LogP contribution is -2.14. The number of hydrogen-bond donors (Lipinski definition) is 1. The Morgan fingerprint density at radius 2 is 1.84 bits per heavy atom. The number of hydrogen-bond acceptors (Lipinski definition) is 10. The summed E-state index contributed by atoms with van der Waals surface area (Å²) in [5.41, 5.74) is 1.21. The van der Waals surface area contributed by atoms with Gasteiger partial charge >= 0.3 is 7.60 Å². The van der Waals surface area contributed by atoms with Crippen LogP contribution in [0.2, 0.25) is 0 Å². The van der Waals surface area contributed by atoms with Gasteiger partial charge in [0.25, 0.3) is 5.69 Å². The Kier molecular flexibility index (Phi) is 5.64. The molecule has 11 nitrogen and oxygen atoms in total. The fourth-order valence-corrected chi connectivity index (χ4v) is 4.02. The van der Waals surface area contributed by atoms with E-state index in [0.29, 0.717) is 23.6 Å². The molecule has 0 unspecified atom stereocenters. The highest BCUT2D eigenvalue weighted by atomic mass is 31.2. The van der Waals surface area contributed by atoms with E-state index in [1.165, 1.54) is 38.5 Å². The quantitative estimate of drug-likeness (QED) is 0.309. The molecule has 1 aromatic heterocycles. The Balaban J connectivity index is 1.65. The Morgan fingerprint density at radius 3 is 2.52 bits per heavy atom. The summed E-state index contributed by atoms with van der Waals surface area (Å²) in [4.78, 5) is 14.7. The van der Waals surface area contributed by atoms with Gasteiger partial charge in [-0.3, -0.25) is 14.7 Å². The van der Waals surface area contributed by atoms with Crippen LogP contribution in [0.4, 0.5) is 11.6 Å². The number of fused-ring (bicyclic) bond motifs is 1. The van der Waals surface area contributed by atoms with Gasteiger partial charge in [-0.15, -0.1) is 0 Å². The number of anilines is 1. The summed E-state index contributed by atoms with van der Waals surface area (Å²) in [6.07, 6.45) is 0. The first-order valence-electron chi connectivity index (χ1n) is 9.03. The monoisotopic (exact) mass is 447 g/mol. The molecule has 12 heteroatoms. The maximum Gasteiger partial charge on any atom is 0.384 e. The molecule has 2 heterocycles. The molecule has 1 aliphatic heterocycles. The van der Waals surface area contributed by atoms with Gasteiger partial charge in [0, 0.05) is 38.5 Å². The van der Waals surface area contributed by atoms with Gasteiger partial charge in [0.1, 0.15) is 0 Å². The summed E-state index contributed by atoms with van der Waals surface area (Å²) in [5.74, 6) is 1.49. The van der Waals surface area contributed by atoms with Crippen LogP contribution in [-0.4, -0.2) is 30.9 Å². The molecule has 0 atom stereocenters. The Hall–Kier alpha value is -3.40. The second kappa shape index (κ2) is 8.38. The minimum Gasteiger partial charge on any atom is -0.454 e. The number of ether oxygens (including phenoxy) is 2. The molecule has 0 spiro atoms. The number of oxazole rings is 1. The Labute approximate surface area is 176 Å². The predicted molar refractivity (Wildman–Crippen MR) is 110 cm³/mol. The molecular formula is C19H18N3O8P. The van der Waals surface area contributed by atoms with Crippen LogP contribution in [-0.2, 0) is 20.2 Å². The highest BCUT2D eigenvalue weighted by molar-refractivity contribution is 7.62. The molecule has 4 rings (SSSR count). The third-order valence-corrected chi connectivity index (χ3v) is 6.35. The van der Waals surface area contributed by atoms with Crippen molar-refractivity contribution >= 4 is 24.6 Å². The average molecular weight is 447 g/mol. The van der Waals surface area contributed by atoms with Crippen LogP contribution in [0.1, 0.15) is 5.56 Å². The number of non-ortho nitro benzene ring substituents is 1. The third-order valence-electron chi connectivity index (χ3n) is 4.56. The Bertz CT molecular complexity index is 1150. The van der Waals surface area contributed by atoms with Gasteiger partial charge in [-0.25, -0.2) is 0 Å². The van der Waals surface area contributed by atoms with Crippen LogP contribution in [0.25, 0.3) is 11.5 Å². The molecule has 162 valence electrons. The van der Waals surface area contributed by atoms with E-state index >= 15 is 0 Å². The van der Waals surface area contributed by atoms with Crippen molar-refractivity contribution in [1.29, 1.82) is 0 Å². The number of nitro benzene ring substituents is 1. The maximum absolute atomic E-state index is 13.0. The van der Waals surface area contributed by atoms with E-state index in [4.69, 9.17) is 22.9 Å². The maximum atomic E-state index is 13.0. The molecule has 0 bridgehead atoms. The van der Waals surface area contributed by atoms with E-state index in [2.05, 4.69) is 10.3 Å². The zero-order chi connectivity index (χ0) is 22.0. The molecule has 0 saturated carbocycles. The molecule has 0 fully saturated rings. The fraction of sp³-hybridized carbons (Fsp3) is 0.211. The first-order valence-corrected chi connectivity index (χ1v) is 10.6. The van der Waals surface area contributed by atoms with E-state index in [1.54, 1.807) is 6.07 Å². The zero-order valence-electron chi connectivity index (χ0n) is 16.6. The molecule has 0 radical (unpaired) electrons. The molecule has 2 aromatic carbocycles. The minimum atomic E-state index is -3.75. The summed E-state index contributed by atoms with van der Waals surface area (Å²) >= 11 is 0. The smallest absolute Gasteiger partial charge is 0.384 e. The number of nitro groups is 1. The number of rotatable bonds is 8. The lowest BCUT2D eigenvalue weighted by Gasteiger charge is -2.12. The van der Waals surface area contributed by atoms with Crippen LogP contribution in [0.3, 0.4) is 0 Å². The lowest BCUT2D eigenvalue weighted by molar-refractivity contribution is -0.384. The van der Waals surface area contributed by atoms with Crippen LogP contribution in [0.5, 0.6) is 11.5 Å². The second-order valence-corrected chi connectivity index (χ2v) is 8.53. The molecule has 31 heavy (non-hydrogen) atoms. The summed E-state index contributed by atoms with van der Waals surface area (Å²) in [7, 11) is -1.27. The van der Waals surface area contributed by atoms with Crippen molar-refractivity contribution in [2.24, 2.45) is 0 Å². The highest BCUT2D eigenvalue weighted by Crippen LogP contribution is 2.47. The fourth-order valence-electron chi connectivity index (χ4n) is 2.94. The summed E-state index contributed by atoms with van der Waals surface area (Å²) in [6.45, 7) is 0.466. The largest absolute Gasteiger partial charge is 0.454 e. The van der Waals surface area contributed by atoms with Crippen molar-refractivity contribution in [1.82, 2.24) is 4.98 Å². The first kappa shape index (κ1) is 20.9. The van der Waals surface area contributed by atoms with Gasteiger partial charge in [0.05, 0.1) is 4.92 Å². The normalized spacial score (nSPS) is 12.7. The Morgan fingerprint density at radius 1 is 1.13 bits per heavy atom. The van der Waals surface area contributed by atoms with Crippen molar-refractivity contribution in [3.05, 3.63) is 58.1 Å². The number of nitrogens with one attached hydrogen (secondary N) is 1. The van der Waals surface area contributed by atoms with Gasteiger partial charge in [0.15, 0.2) is 11.5 Å².